The quantitative estimate of drug-likeness (QED) is 0.273. The Hall–Kier alpha value is -2.67. The first-order valence-electron chi connectivity index (χ1n) is 9.81. The van der Waals surface area contributed by atoms with Crippen molar-refractivity contribution < 1.29 is 23.7 Å². The van der Waals surface area contributed by atoms with Crippen LogP contribution in [0.4, 0.5) is 0 Å². The topological polar surface area (TPSA) is 54.0 Å². The lowest BCUT2D eigenvalue weighted by Gasteiger charge is -2.08. The van der Waals surface area contributed by atoms with E-state index in [-0.39, 0.29) is 0 Å². The van der Waals surface area contributed by atoms with Gasteiger partial charge in [0.2, 0.25) is 0 Å². The van der Waals surface area contributed by atoms with Crippen molar-refractivity contribution in [2.75, 3.05) is 40.6 Å². The molecule has 0 bridgehead atoms. The van der Waals surface area contributed by atoms with Crippen molar-refractivity contribution in [2.45, 2.75) is 0 Å². The van der Waals surface area contributed by atoms with Gasteiger partial charge in [0.25, 0.3) is 0 Å². The zero-order chi connectivity index (χ0) is 22.3. The minimum absolute atomic E-state index is 0.529. The maximum atomic E-state index is 11.0. The molecule has 0 aliphatic rings. The summed E-state index contributed by atoms with van der Waals surface area (Å²) in [6, 6.07) is 22.9. The number of methoxy groups -OCH3 is 2. The second kappa shape index (κ2) is 14.4. The van der Waals surface area contributed by atoms with Crippen LogP contribution in [0.1, 0.15) is 10.4 Å². The Morgan fingerprint density at radius 1 is 0.710 bits per heavy atom. The Balaban J connectivity index is 0.000000245. The van der Waals surface area contributed by atoms with Crippen LogP contribution in [0, 0.1) is 0 Å². The van der Waals surface area contributed by atoms with Crippen LogP contribution >= 0.6 is 15.9 Å². The summed E-state index contributed by atoms with van der Waals surface area (Å²) in [7, 11) is 3.30. The molecule has 0 heterocycles. The highest BCUT2D eigenvalue weighted by Gasteiger charge is 2.03. The maximum Gasteiger partial charge on any atom is 0.150 e. The molecular weight excluding hydrogens is 460 g/mol. The van der Waals surface area contributed by atoms with Gasteiger partial charge in [-0.2, -0.15) is 0 Å². The van der Waals surface area contributed by atoms with Gasteiger partial charge in [0.1, 0.15) is 24.7 Å². The first-order chi connectivity index (χ1) is 15.2. The number of ether oxygens (including phenoxy) is 4. The summed E-state index contributed by atoms with van der Waals surface area (Å²) in [6.07, 6.45) is 0.873. The second-order valence-corrected chi connectivity index (χ2v) is 7.28. The van der Waals surface area contributed by atoms with Crippen LogP contribution in [0.3, 0.4) is 0 Å². The number of carbonyl (C=O) groups excluding carboxylic acids is 1. The lowest BCUT2D eigenvalue weighted by molar-refractivity contribution is 0.112. The van der Waals surface area contributed by atoms with Crippen molar-refractivity contribution in [2.24, 2.45) is 0 Å². The molecule has 0 radical (unpaired) electrons. The molecule has 0 spiro atoms. The van der Waals surface area contributed by atoms with E-state index in [2.05, 4.69) is 15.9 Å². The number of benzene rings is 3. The molecule has 3 aromatic carbocycles. The number of rotatable bonds is 10. The summed E-state index contributed by atoms with van der Waals surface area (Å²) in [6.45, 7) is 2.31. The average molecular weight is 487 g/mol. The summed E-state index contributed by atoms with van der Waals surface area (Å²) in [5.74, 6) is 1.67. The van der Waals surface area contributed by atoms with Crippen molar-refractivity contribution in [3.63, 3.8) is 0 Å². The van der Waals surface area contributed by atoms with Crippen molar-refractivity contribution in [1.82, 2.24) is 0 Å². The van der Waals surface area contributed by atoms with Gasteiger partial charge in [0.05, 0.1) is 13.2 Å². The van der Waals surface area contributed by atoms with Gasteiger partial charge in [-0.05, 0) is 47.5 Å². The minimum atomic E-state index is 0.529. The lowest BCUT2D eigenvalue weighted by atomic mass is 10.0. The number of carbonyl (C=O) groups is 1. The molecule has 0 N–H and O–H groups in total. The molecule has 0 saturated carbocycles. The van der Waals surface area contributed by atoms with Crippen LogP contribution in [0.15, 0.2) is 77.3 Å². The Labute approximate surface area is 192 Å². The van der Waals surface area contributed by atoms with E-state index >= 15 is 0 Å². The van der Waals surface area contributed by atoms with Crippen LogP contribution in [0.5, 0.6) is 11.5 Å². The van der Waals surface area contributed by atoms with Gasteiger partial charge in [0, 0.05) is 24.3 Å². The molecule has 0 fully saturated rings. The molecule has 0 amide bonds. The van der Waals surface area contributed by atoms with Gasteiger partial charge in [-0.1, -0.05) is 52.3 Å². The van der Waals surface area contributed by atoms with Crippen LogP contribution in [-0.4, -0.2) is 46.9 Å². The largest absolute Gasteiger partial charge is 0.491 e. The number of halogens is 1. The number of hydrogen-bond acceptors (Lipinski definition) is 5. The van der Waals surface area contributed by atoms with Gasteiger partial charge in [-0.25, -0.2) is 0 Å². The van der Waals surface area contributed by atoms with Crippen LogP contribution in [-0.2, 0) is 9.47 Å². The molecule has 0 atom stereocenters. The van der Waals surface area contributed by atoms with Crippen LogP contribution in [0.25, 0.3) is 11.1 Å². The van der Waals surface area contributed by atoms with E-state index in [0.717, 1.165) is 33.4 Å². The normalized spacial score (nSPS) is 10.0. The van der Waals surface area contributed by atoms with Crippen molar-refractivity contribution in [1.29, 1.82) is 0 Å². The fraction of sp³-hybridized carbons (Fsp3) is 0.240. The molecule has 0 aliphatic heterocycles. The Morgan fingerprint density at radius 3 is 1.74 bits per heavy atom. The predicted octanol–water partition coefficient (Wildman–Crippen LogP) is 5.67. The molecule has 0 aromatic heterocycles. The van der Waals surface area contributed by atoms with E-state index in [9.17, 15) is 4.79 Å². The molecule has 0 aliphatic carbocycles. The molecule has 31 heavy (non-hydrogen) atoms. The van der Waals surface area contributed by atoms with Crippen molar-refractivity contribution in [3.05, 3.63) is 82.8 Å². The molecule has 164 valence electrons. The van der Waals surface area contributed by atoms with E-state index < -0.39 is 0 Å². The first kappa shape index (κ1) is 24.6. The van der Waals surface area contributed by atoms with Crippen LogP contribution < -0.4 is 9.47 Å². The monoisotopic (exact) mass is 486 g/mol. The van der Waals surface area contributed by atoms with Crippen molar-refractivity contribution in [3.8, 4) is 22.6 Å². The van der Waals surface area contributed by atoms with E-state index in [1.54, 1.807) is 14.2 Å². The fourth-order valence-electron chi connectivity index (χ4n) is 2.61. The Morgan fingerprint density at radius 2 is 1.23 bits per heavy atom. The third-order valence-electron chi connectivity index (χ3n) is 4.18. The zero-order valence-electron chi connectivity index (χ0n) is 17.8. The standard InChI is InChI=1S/C16H16O3.C9H11BrO2/c1-18-10-11-19-15-8-6-13(7-9-15)16-5-3-2-4-14(16)12-17;1-11-6-7-12-9-4-2-8(10)3-5-9/h2-9,12H,10-11H2,1H3;2-5H,6-7H2,1H3. The van der Waals surface area contributed by atoms with Crippen LogP contribution in [0.2, 0.25) is 0 Å². The minimum Gasteiger partial charge on any atom is -0.491 e. The van der Waals surface area contributed by atoms with Gasteiger partial charge in [0.15, 0.2) is 6.29 Å². The first-order valence-corrected chi connectivity index (χ1v) is 10.6. The van der Waals surface area contributed by atoms with E-state index in [0.29, 0.717) is 32.0 Å². The van der Waals surface area contributed by atoms with E-state index in [1.165, 1.54) is 0 Å². The molecule has 5 nitrogen and oxygen atoms in total. The summed E-state index contributed by atoms with van der Waals surface area (Å²) < 4.78 is 21.7. The summed E-state index contributed by atoms with van der Waals surface area (Å²) in [5.41, 5.74) is 2.62. The SMILES string of the molecule is COCCOc1ccc(-c2ccccc2C=O)cc1.COCCOc1ccc(Br)cc1. The third kappa shape index (κ3) is 8.92. The molecule has 0 saturated heterocycles. The molecule has 3 rings (SSSR count). The highest BCUT2D eigenvalue weighted by atomic mass is 79.9. The third-order valence-corrected chi connectivity index (χ3v) is 4.71. The maximum absolute atomic E-state index is 11.0. The van der Waals surface area contributed by atoms with Crippen molar-refractivity contribution >= 4 is 22.2 Å². The van der Waals surface area contributed by atoms with Gasteiger partial charge in [-0.3, -0.25) is 4.79 Å². The average Bonchev–Trinajstić information content (AvgIpc) is 2.82. The molecule has 3 aromatic rings. The predicted molar refractivity (Wildman–Crippen MR) is 126 cm³/mol. The second-order valence-electron chi connectivity index (χ2n) is 6.37. The summed E-state index contributed by atoms with van der Waals surface area (Å²) >= 11 is 3.35. The number of aldehydes is 1. The van der Waals surface area contributed by atoms with Gasteiger partial charge in [-0.15, -0.1) is 0 Å². The zero-order valence-corrected chi connectivity index (χ0v) is 19.3. The summed E-state index contributed by atoms with van der Waals surface area (Å²) in [4.78, 5) is 11.0. The highest BCUT2D eigenvalue weighted by Crippen LogP contribution is 2.24. The van der Waals surface area contributed by atoms with Gasteiger partial charge >= 0.3 is 0 Å². The Bertz CT molecular complexity index is 895. The van der Waals surface area contributed by atoms with Gasteiger partial charge < -0.3 is 18.9 Å². The lowest BCUT2D eigenvalue weighted by Crippen LogP contribution is -2.03. The number of hydrogen-bond donors (Lipinski definition) is 0. The summed E-state index contributed by atoms with van der Waals surface area (Å²) in [5, 5.41) is 0. The highest BCUT2D eigenvalue weighted by molar-refractivity contribution is 9.10. The smallest absolute Gasteiger partial charge is 0.150 e. The Kier molecular flexibility index (Phi) is 11.4. The molecular formula is C25H27BrO5. The van der Waals surface area contributed by atoms with E-state index in [1.807, 2.05) is 72.8 Å². The fourth-order valence-corrected chi connectivity index (χ4v) is 2.87. The molecule has 0 unspecified atom stereocenters. The molecule has 6 heteroatoms. The van der Waals surface area contributed by atoms with E-state index in [4.69, 9.17) is 18.9 Å².